The Balaban J connectivity index is 2.41. The zero-order valence-corrected chi connectivity index (χ0v) is 11.5. The Morgan fingerprint density at radius 2 is 1.78 bits per heavy atom. The molecule has 1 aromatic heterocycles. The van der Waals surface area contributed by atoms with Crippen LogP contribution in [0.15, 0.2) is 36.8 Å². The fourth-order valence-electron chi connectivity index (χ4n) is 2.00. The van der Waals surface area contributed by atoms with Crippen LogP contribution in [0.2, 0.25) is 0 Å². The van der Waals surface area contributed by atoms with E-state index in [2.05, 4.69) is 43.1 Å². The van der Waals surface area contributed by atoms with Crippen LogP contribution in [-0.4, -0.2) is 9.55 Å². The first kappa shape index (κ1) is 12.8. The van der Waals surface area contributed by atoms with E-state index in [-0.39, 0.29) is 0 Å². The molecule has 0 fully saturated rings. The van der Waals surface area contributed by atoms with E-state index in [1.165, 1.54) is 5.56 Å². The molecule has 2 aromatic rings. The van der Waals surface area contributed by atoms with Gasteiger partial charge in [0.25, 0.3) is 0 Å². The van der Waals surface area contributed by atoms with E-state index >= 15 is 0 Å². The predicted molar refractivity (Wildman–Crippen MR) is 74.9 cm³/mol. The summed E-state index contributed by atoms with van der Waals surface area (Å²) < 4.78 is 2.05. The number of aromatic nitrogens is 2. The van der Waals surface area contributed by atoms with E-state index in [4.69, 9.17) is 5.73 Å². The summed E-state index contributed by atoms with van der Waals surface area (Å²) in [7, 11) is 0. The van der Waals surface area contributed by atoms with Crippen molar-refractivity contribution in [2.24, 2.45) is 5.73 Å². The molecule has 0 aliphatic rings. The zero-order valence-electron chi connectivity index (χ0n) is 11.5. The third-order valence-corrected chi connectivity index (χ3v) is 3.14. The molecule has 0 spiro atoms. The van der Waals surface area contributed by atoms with Gasteiger partial charge in [-0.15, -0.1) is 0 Å². The Bertz CT molecular complexity index is 515. The lowest BCUT2D eigenvalue weighted by molar-refractivity contribution is 0.524. The highest BCUT2D eigenvalue weighted by molar-refractivity contribution is 5.38. The SMILES string of the molecule is CC(C)c1ccc(-n2cncc2C(C)(C)N)cc1. The smallest absolute Gasteiger partial charge is 0.0994 e. The first-order valence-corrected chi connectivity index (χ1v) is 6.31. The van der Waals surface area contributed by atoms with Crippen LogP contribution < -0.4 is 5.73 Å². The molecular weight excluding hydrogens is 222 g/mol. The molecule has 0 aliphatic heterocycles. The molecule has 0 unspecified atom stereocenters. The van der Waals surface area contributed by atoms with Gasteiger partial charge in [-0.2, -0.15) is 0 Å². The van der Waals surface area contributed by atoms with Crippen molar-refractivity contribution in [2.75, 3.05) is 0 Å². The van der Waals surface area contributed by atoms with Gasteiger partial charge in [0.05, 0.1) is 23.8 Å². The highest BCUT2D eigenvalue weighted by atomic mass is 15.1. The third kappa shape index (κ3) is 2.46. The normalized spacial score (nSPS) is 12.1. The molecule has 0 saturated carbocycles. The Morgan fingerprint density at radius 3 is 2.28 bits per heavy atom. The van der Waals surface area contributed by atoms with Crippen LogP contribution in [0, 0.1) is 0 Å². The molecule has 2 rings (SSSR count). The van der Waals surface area contributed by atoms with Crippen molar-refractivity contribution in [3.8, 4) is 5.69 Å². The van der Waals surface area contributed by atoms with Gasteiger partial charge in [-0.3, -0.25) is 0 Å². The summed E-state index contributed by atoms with van der Waals surface area (Å²) in [5, 5.41) is 0. The van der Waals surface area contributed by atoms with Crippen LogP contribution in [0.4, 0.5) is 0 Å². The Morgan fingerprint density at radius 1 is 1.17 bits per heavy atom. The van der Waals surface area contributed by atoms with E-state index in [0.717, 1.165) is 11.4 Å². The van der Waals surface area contributed by atoms with Gasteiger partial charge in [0.15, 0.2) is 0 Å². The lowest BCUT2D eigenvalue weighted by Crippen LogP contribution is -2.31. The molecule has 0 aliphatic carbocycles. The summed E-state index contributed by atoms with van der Waals surface area (Å²) in [4.78, 5) is 4.21. The van der Waals surface area contributed by atoms with Gasteiger partial charge in [-0.05, 0) is 37.5 Å². The number of imidazole rings is 1. The molecule has 2 N–H and O–H groups in total. The van der Waals surface area contributed by atoms with Gasteiger partial charge in [-0.1, -0.05) is 26.0 Å². The second-order valence-electron chi connectivity index (χ2n) is 5.62. The second-order valence-corrected chi connectivity index (χ2v) is 5.62. The number of hydrogen-bond donors (Lipinski definition) is 1. The van der Waals surface area contributed by atoms with Gasteiger partial charge in [0.1, 0.15) is 0 Å². The minimum atomic E-state index is -0.396. The number of hydrogen-bond acceptors (Lipinski definition) is 2. The van der Waals surface area contributed by atoms with E-state index in [1.807, 2.05) is 30.9 Å². The molecule has 0 saturated heterocycles. The summed E-state index contributed by atoms with van der Waals surface area (Å²) >= 11 is 0. The summed E-state index contributed by atoms with van der Waals surface area (Å²) in [5.41, 5.74) is 9.22. The van der Waals surface area contributed by atoms with Gasteiger partial charge in [-0.25, -0.2) is 4.98 Å². The second kappa shape index (κ2) is 4.58. The fraction of sp³-hybridized carbons (Fsp3) is 0.400. The molecule has 18 heavy (non-hydrogen) atoms. The van der Waals surface area contributed by atoms with Crippen molar-refractivity contribution in [1.29, 1.82) is 0 Å². The Hall–Kier alpha value is -1.61. The van der Waals surface area contributed by atoms with E-state index < -0.39 is 5.54 Å². The summed E-state index contributed by atoms with van der Waals surface area (Å²) in [6.45, 7) is 8.37. The van der Waals surface area contributed by atoms with Crippen LogP contribution in [0.1, 0.15) is 44.9 Å². The first-order chi connectivity index (χ1) is 8.39. The maximum atomic E-state index is 6.16. The lowest BCUT2D eigenvalue weighted by Gasteiger charge is -2.21. The van der Waals surface area contributed by atoms with Crippen molar-refractivity contribution in [2.45, 2.75) is 39.2 Å². The van der Waals surface area contributed by atoms with Crippen molar-refractivity contribution in [1.82, 2.24) is 9.55 Å². The molecule has 1 heterocycles. The van der Waals surface area contributed by atoms with Crippen LogP contribution in [0.5, 0.6) is 0 Å². The van der Waals surface area contributed by atoms with Crippen molar-refractivity contribution in [3.63, 3.8) is 0 Å². The molecular formula is C15H21N3. The molecule has 0 radical (unpaired) electrons. The monoisotopic (exact) mass is 243 g/mol. The van der Waals surface area contributed by atoms with Crippen molar-refractivity contribution in [3.05, 3.63) is 48.0 Å². The minimum absolute atomic E-state index is 0.396. The Kier molecular flexibility index (Phi) is 3.26. The standard InChI is InChI=1S/C15H21N3/c1-11(2)12-5-7-13(8-6-12)18-10-17-9-14(18)15(3,4)16/h5-11H,16H2,1-4H3. The summed E-state index contributed by atoms with van der Waals surface area (Å²) in [5.74, 6) is 0.548. The van der Waals surface area contributed by atoms with Gasteiger partial charge in [0, 0.05) is 5.69 Å². The minimum Gasteiger partial charge on any atom is -0.321 e. The van der Waals surface area contributed by atoms with Gasteiger partial charge >= 0.3 is 0 Å². The quantitative estimate of drug-likeness (QED) is 0.899. The maximum Gasteiger partial charge on any atom is 0.0994 e. The largest absolute Gasteiger partial charge is 0.321 e. The highest BCUT2D eigenvalue weighted by Crippen LogP contribution is 2.22. The summed E-state index contributed by atoms with van der Waals surface area (Å²) in [6.07, 6.45) is 3.64. The molecule has 3 heteroatoms. The zero-order chi connectivity index (χ0) is 13.3. The van der Waals surface area contributed by atoms with Crippen LogP contribution in [0.25, 0.3) is 5.69 Å². The number of nitrogens with two attached hydrogens (primary N) is 1. The maximum absolute atomic E-state index is 6.16. The molecule has 0 bridgehead atoms. The lowest BCUT2D eigenvalue weighted by atomic mass is 10.0. The third-order valence-electron chi connectivity index (χ3n) is 3.14. The van der Waals surface area contributed by atoms with E-state index in [0.29, 0.717) is 5.92 Å². The molecule has 0 amide bonds. The molecule has 1 aromatic carbocycles. The topological polar surface area (TPSA) is 43.8 Å². The number of benzene rings is 1. The van der Waals surface area contributed by atoms with Gasteiger partial charge < -0.3 is 10.3 Å². The van der Waals surface area contributed by atoms with E-state index in [1.54, 1.807) is 0 Å². The van der Waals surface area contributed by atoms with Gasteiger partial charge in [0.2, 0.25) is 0 Å². The Labute approximate surface area is 109 Å². The highest BCUT2D eigenvalue weighted by Gasteiger charge is 2.19. The molecule has 96 valence electrons. The average Bonchev–Trinajstić information content (AvgIpc) is 2.77. The fourth-order valence-corrected chi connectivity index (χ4v) is 2.00. The molecule has 0 atom stereocenters. The van der Waals surface area contributed by atoms with Crippen LogP contribution in [0.3, 0.4) is 0 Å². The average molecular weight is 243 g/mol. The number of rotatable bonds is 3. The van der Waals surface area contributed by atoms with Crippen LogP contribution >= 0.6 is 0 Å². The predicted octanol–water partition coefficient (Wildman–Crippen LogP) is 3.19. The van der Waals surface area contributed by atoms with E-state index in [9.17, 15) is 0 Å². The summed E-state index contributed by atoms with van der Waals surface area (Å²) in [6, 6.07) is 8.55. The van der Waals surface area contributed by atoms with Crippen LogP contribution in [-0.2, 0) is 5.54 Å². The van der Waals surface area contributed by atoms with Crippen molar-refractivity contribution >= 4 is 0 Å². The molecule has 3 nitrogen and oxygen atoms in total. The first-order valence-electron chi connectivity index (χ1n) is 6.31. The van der Waals surface area contributed by atoms with Crippen molar-refractivity contribution < 1.29 is 0 Å². The number of nitrogens with zero attached hydrogens (tertiary/aromatic N) is 2.